The highest BCUT2D eigenvalue weighted by molar-refractivity contribution is 6.29. The third kappa shape index (κ3) is 5.48. The largest absolute Gasteiger partial charge is 0.436 e. The van der Waals surface area contributed by atoms with Crippen molar-refractivity contribution in [3.05, 3.63) is 187 Å². The van der Waals surface area contributed by atoms with Gasteiger partial charge < -0.3 is 13.6 Å². The second-order valence-electron chi connectivity index (χ2n) is 18.2. The van der Waals surface area contributed by atoms with Crippen LogP contribution in [0.5, 0.6) is 0 Å². The first kappa shape index (κ1) is 35.7. The summed E-state index contributed by atoms with van der Waals surface area (Å²) in [5.74, 6) is 0.620. The monoisotopic (exact) mass is 787 g/mol. The van der Waals surface area contributed by atoms with E-state index >= 15 is 0 Å². The van der Waals surface area contributed by atoms with Gasteiger partial charge in [0, 0.05) is 32.8 Å². The van der Waals surface area contributed by atoms with Crippen LogP contribution in [0, 0.1) is 0 Å². The first-order chi connectivity index (χ1) is 29.7. The molecule has 1 aliphatic carbocycles. The maximum atomic E-state index is 6.37. The summed E-state index contributed by atoms with van der Waals surface area (Å²) in [6.45, 7) is 9.61. The predicted molar refractivity (Wildman–Crippen MR) is 254 cm³/mol. The molecule has 4 nitrogen and oxygen atoms in total. The number of nitrogens with zero attached hydrogens (tertiary/aromatic N) is 3. The normalized spacial score (nSPS) is 14.7. The number of rotatable bonds is 5. The number of hydrogen-bond donors (Lipinski definition) is 0. The van der Waals surface area contributed by atoms with Crippen molar-refractivity contribution in [2.45, 2.75) is 51.4 Å². The molecule has 11 aromatic rings. The lowest BCUT2D eigenvalue weighted by molar-refractivity contribution is 0.332. The van der Waals surface area contributed by atoms with Gasteiger partial charge in [0.05, 0.1) is 27.8 Å². The average molecular weight is 788 g/mol. The van der Waals surface area contributed by atoms with Crippen LogP contribution in [0.25, 0.3) is 99.8 Å². The maximum Gasteiger partial charge on any atom is 0.227 e. The van der Waals surface area contributed by atoms with Crippen molar-refractivity contribution >= 4 is 54.7 Å². The van der Waals surface area contributed by atoms with Gasteiger partial charge in [-0.1, -0.05) is 137 Å². The second-order valence-corrected chi connectivity index (χ2v) is 18.2. The number of para-hydroxylation sites is 3. The van der Waals surface area contributed by atoms with Gasteiger partial charge in [0.25, 0.3) is 0 Å². The second kappa shape index (κ2) is 13.2. The Kier molecular flexibility index (Phi) is 7.71. The first-order valence-corrected chi connectivity index (χ1v) is 21.5. The average Bonchev–Trinajstić information content (AvgIpc) is 3.99. The molecule has 294 valence electrons. The highest BCUT2D eigenvalue weighted by Gasteiger charge is 2.37. The van der Waals surface area contributed by atoms with Crippen LogP contribution in [0.1, 0.15) is 51.7 Å². The van der Waals surface area contributed by atoms with Gasteiger partial charge in [0.15, 0.2) is 5.58 Å². The Morgan fingerprint density at radius 3 is 1.72 bits per heavy atom. The van der Waals surface area contributed by atoms with Crippen LogP contribution in [-0.2, 0) is 10.8 Å². The van der Waals surface area contributed by atoms with E-state index in [0.29, 0.717) is 5.89 Å². The predicted octanol–water partition coefficient (Wildman–Crippen LogP) is 15.4. The van der Waals surface area contributed by atoms with Gasteiger partial charge in [-0.15, -0.1) is 0 Å². The third-order valence-electron chi connectivity index (χ3n) is 13.6. The first-order valence-electron chi connectivity index (χ1n) is 21.5. The highest BCUT2D eigenvalue weighted by Crippen LogP contribution is 2.48. The fourth-order valence-electron chi connectivity index (χ4n) is 10.3. The summed E-state index contributed by atoms with van der Waals surface area (Å²) in [7, 11) is 0. The molecule has 0 bridgehead atoms. The molecule has 4 heteroatoms. The Morgan fingerprint density at radius 1 is 0.443 bits per heavy atom. The van der Waals surface area contributed by atoms with Gasteiger partial charge in [0.1, 0.15) is 5.52 Å². The molecular formula is C57H45N3O. The Balaban J connectivity index is 1.02. The number of hydrogen-bond acceptors (Lipinski definition) is 2. The van der Waals surface area contributed by atoms with Crippen LogP contribution < -0.4 is 0 Å². The van der Waals surface area contributed by atoms with E-state index in [4.69, 9.17) is 9.40 Å². The van der Waals surface area contributed by atoms with E-state index in [9.17, 15) is 0 Å². The van der Waals surface area contributed by atoms with Crippen molar-refractivity contribution < 1.29 is 4.42 Å². The van der Waals surface area contributed by atoms with Crippen molar-refractivity contribution in [2.24, 2.45) is 0 Å². The van der Waals surface area contributed by atoms with Crippen LogP contribution in [0.2, 0.25) is 0 Å². The lowest BCUT2D eigenvalue weighted by Crippen LogP contribution is -2.33. The third-order valence-corrected chi connectivity index (χ3v) is 13.6. The molecule has 1 aliphatic rings. The zero-order valence-electron chi connectivity index (χ0n) is 34.9. The van der Waals surface area contributed by atoms with Gasteiger partial charge in [-0.3, -0.25) is 0 Å². The van der Waals surface area contributed by atoms with Crippen molar-refractivity contribution in [2.75, 3.05) is 0 Å². The summed E-state index contributed by atoms with van der Waals surface area (Å²) in [6, 6.07) is 63.9. The summed E-state index contributed by atoms with van der Waals surface area (Å²) >= 11 is 0. The fourth-order valence-corrected chi connectivity index (χ4v) is 10.3. The molecule has 0 saturated carbocycles. The molecule has 0 unspecified atom stereocenters. The Hall–Kier alpha value is -7.17. The van der Waals surface area contributed by atoms with Crippen LogP contribution in [0.4, 0.5) is 0 Å². The van der Waals surface area contributed by atoms with E-state index < -0.39 is 0 Å². The SMILES string of the molecule is CC1(C)CCC(C)(C)c2cc(-c3cccc(-c4cccc(-n5c6ccccc6c6c7c8ccccc8n(-c8cccc9oc(-c%10ccccc%10)nc89)c7ccc65)c4)c3)ccc21. The molecule has 0 fully saturated rings. The number of aromatic nitrogens is 3. The van der Waals surface area contributed by atoms with E-state index in [1.807, 2.05) is 36.4 Å². The number of fused-ring (bicyclic) bond motifs is 9. The molecule has 0 N–H and O–H groups in total. The summed E-state index contributed by atoms with van der Waals surface area (Å²) < 4.78 is 11.2. The Bertz CT molecular complexity index is 3540. The lowest BCUT2D eigenvalue weighted by Gasteiger charge is -2.42. The molecule has 3 heterocycles. The van der Waals surface area contributed by atoms with Crippen molar-refractivity contribution in [3.8, 4) is 45.1 Å². The van der Waals surface area contributed by atoms with E-state index in [1.165, 1.54) is 78.8 Å². The zero-order valence-corrected chi connectivity index (χ0v) is 34.9. The minimum atomic E-state index is 0.160. The van der Waals surface area contributed by atoms with E-state index in [-0.39, 0.29) is 10.8 Å². The van der Waals surface area contributed by atoms with Crippen molar-refractivity contribution in [1.29, 1.82) is 0 Å². The number of oxazole rings is 1. The zero-order chi connectivity index (χ0) is 41.0. The quantitative estimate of drug-likeness (QED) is 0.174. The van der Waals surface area contributed by atoms with Crippen molar-refractivity contribution in [1.82, 2.24) is 14.1 Å². The molecule has 0 aliphatic heterocycles. The van der Waals surface area contributed by atoms with Crippen LogP contribution in [-0.4, -0.2) is 14.1 Å². The molecule has 8 aromatic carbocycles. The van der Waals surface area contributed by atoms with Gasteiger partial charge >= 0.3 is 0 Å². The topological polar surface area (TPSA) is 35.9 Å². The standard InChI is InChI=1S/C57H45N3O/c1-56(2)31-32-57(3,4)45-35-40(27-28-44(45)56)38-18-12-17-37(33-38)39-19-13-20-41(34-39)59-46-23-10-8-21-42(46)52-48(59)29-30-49-53(52)43-22-9-11-24-47(43)60(49)50-25-14-26-51-54(50)58-55(61-51)36-15-6-5-7-16-36/h5-30,33-35H,31-32H2,1-4H3. The summed E-state index contributed by atoms with van der Waals surface area (Å²) in [5.41, 5.74) is 17.6. The van der Waals surface area contributed by atoms with E-state index in [2.05, 4.69) is 176 Å². The highest BCUT2D eigenvalue weighted by atomic mass is 16.3. The van der Waals surface area contributed by atoms with Gasteiger partial charge in [0.2, 0.25) is 5.89 Å². The molecule has 61 heavy (non-hydrogen) atoms. The Morgan fingerprint density at radius 2 is 1.00 bits per heavy atom. The summed E-state index contributed by atoms with van der Waals surface area (Å²) in [4.78, 5) is 5.10. The molecular weight excluding hydrogens is 743 g/mol. The molecule has 0 spiro atoms. The summed E-state index contributed by atoms with van der Waals surface area (Å²) in [5, 5.41) is 4.90. The van der Waals surface area contributed by atoms with Crippen LogP contribution in [0.3, 0.4) is 0 Å². The maximum absolute atomic E-state index is 6.37. The summed E-state index contributed by atoms with van der Waals surface area (Å²) in [6.07, 6.45) is 2.42. The van der Waals surface area contributed by atoms with Gasteiger partial charge in [-0.05, 0) is 124 Å². The van der Waals surface area contributed by atoms with E-state index in [1.54, 1.807) is 0 Å². The smallest absolute Gasteiger partial charge is 0.227 e. The fraction of sp³-hybridized carbons (Fsp3) is 0.140. The van der Waals surface area contributed by atoms with E-state index in [0.717, 1.165) is 39.1 Å². The molecule has 12 rings (SSSR count). The van der Waals surface area contributed by atoms with Crippen LogP contribution >= 0.6 is 0 Å². The molecule has 0 radical (unpaired) electrons. The minimum absolute atomic E-state index is 0.160. The molecule has 3 aromatic heterocycles. The van der Waals surface area contributed by atoms with Crippen LogP contribution in [0.15, 0.2) is 180 Å². The Labute approximate surface area is 355 Å². The molecule has 0 amide bonds. The van der Waals surface area contributed by atoms with Crippen molar-refractivity contribution in [3.63, 3.8) is 0 Å². The number of benzene rings is 8. The van der Waals surface area contributed by atoms with Gasteiger partial charge in [-0.25, -0.2) is 4.98 Å². The lowest BCUT2D eigenvalue weighted by atomic mass is 9.63. The van der Waals surface area contributed by atoms with Gasteiger partial charge in [-0.2, -0.15) is 0 Å². The molecule has 0 saturated heterocycles. The molecule has 0 atom stereocenters. The minimum Gasteiger partial charge on any atom is -0.436 e.